The Morgan fingerprint density at radius 2 is 0.733 bits per heavy atom. The van der Waals surface area contributed by atoms with Crippen molar-refractivity contribution in [3.05, 3.63) is 0 Å². The maximum absolute atomic E-state index is 9.19. The second kappa shape index (κ2) is 13.0. The summed E-state index contributed by atoms with van der Waals surface area (Å²) in [6.07, 6.45) is 0. The smallest absolute Gasteiger partial charge is 0.749 e. The largest absolute Gasteiger partial charge is 4.00 e. The van der Waals surface area contributed by atoms with E-state index in [1.54, 1.807) is 0 Å². The first-order valence-corrected chi connectivity index (χ1v) is 6.00. The second-order valence-electron chi connectivity index (χ2n) is 0.953. The minimum absolute atomic E-state index is 0. The van der Waals surface area contributed by atoms with Gasteiger partial charge in [-0.15, -0.1) is 0 Å². The van der Waals surface area contributed by atoms with E-state index in [1.807, 2.05) is 0 Å². The van der Waals surface area contributed by atoms with Crippen LogP contribution in [0.1, 0.15) is 0 Å². The predicted molar refractivity (Wildman–Crippen MR) is 37.8 cm³/mol. The summed E-state index contributed by atoms with van der Waals surface area (Å²) in [7, 11) is 0. The summed E-state index contributed by atoms with van der Waals surface area (Å²) in [5, 5.41) is 0. The maximum Gasteiger partial charge on any atom is 4.00 e. The van der Waals surface area contributed by atoms with Gasteiger partial charge in [0.15, 0.2) is 0 Å². The zero-order valence-electron chi connectivity index (χ0n) is 6.16. The Hall–Kier alpha value is 0.944. The van der Waals surface area contributed by atoms with Crippen LogP contribution in [0.2, 0.25) is 0 Å². The van der Waals surface area contributed by atoms with Gasteiger partial charge in [-0.25, -0.2) is 24.1 Å². The second-order valence-corrected chi connectivity index (χ2v) is 3.67. The molecule has 1 radical (unpaired) electrons. The van der Waals surface area contributed by atoms with Gasteiger partial charge in [0.2, 0.25) is 0 Å². The van der Waals surface area contributed by atoms with E-state index in [2.05, 4.69) is 7.26 Å². The Bertz CT molecular complexity index is 196. The zero-order chi connectivity index (χ0) is 11.7. The van der Waals surface area contributed by atoms with Gasteiger partial charge in [-0.1, -0.05) is 0 Å². The molecule has 0 aliphatic rings. The molecule has 10 nitrogen and oxygen atoms in total. The molecule has 15 heavy (non-hydrogen) atoms. The summed E-state index contributed by atoms with van der Waals surface area (Å²) in [4.78, 5) is 0. The predicted octanol–water partition coefficient (Wildman–Crippen LogP) is -2.82. The zero-order valence-corrected chi connectivity index (χ0v) is 10.8. The van der Waals surface area contributed by atoms with Crippen molar-refractivity contribution in [2.45, 2.75) is 0 Å². The van der Waals surface area contributed by atoms with E-state index in [1.165, 1.54) is 0 Å². The van der Waals surface area contributed by atoms with Gasteiger partial charge in [-0.3, -0.25) is 0 Å². The van der Waals surface area contributed by atoms with Crippen LogP contribution in [0, 0.1) is 0 Å². The number of hydrogen-bond donors (Lipinski definition) is 0. The van der Waals surface area contributed by atoms with Crippen molar-refractivity contribution < 1.29 is 60.9 Å². The molecule has 0 aliphatic carbocycles. The molecule has 0 saturated carbocycles. The fourth-order valence-corrected chi connectivity index (χ4v) is 0.816. The van der Waals surface area contributed by atoms with Crippen LogP contribution in [0.5, 0.6) is 0 Å². The third-order valence-corrected chi connectivity index (χ3v) is 2.00. The Labute approximate surface area is 106 Å². The minimum Gasteiger partial charge on any atom is -0.749 e. The maximum atomic E-state index is 9.19. The molecule has 0 spiro atoms. The quantitative estimate of drug-likeness (QED) is 0.485. The van der Waals surface area contributed by atoms with E-state index in [0.717, 1.165) is 0 Å². The molecule has 0 atom stereocenters. The molecule has 0 saturated heterocycles. The van der Waals surface area contributed by atoms with Crippen molar-refractivity contribution in [3.8, 4) is 0 Å². The first-order chi connectivity index (χ1) is 6.25. The summed E-state index contributed by atoms with van der Waals surface area (Å²) in [6, 6.07) is 0. The van der Waals surface area contributed by atoms with Crippen LogP contribution < -0.4 is 0 Å². The summed E-state index contributed by atoms with van der Waals surface area (Å²) < 4.78 is 79.7. The molecule has 0 aromatic rings. The van der Waals surface area contributed by atoms with Crippen molar-refractivity contribution in [2.24, 2.45) is 0 Å². The third kappa shape index (κ3) is 31.3. The fraction of sp³-hybridized carbons (Fsp3) is 0. The SMILES string of the molecule is O=S([O-])OS(=O)[O-].O=S([O-])OS(=O)[O-].[V+4]. The van der Waals surface area contributed by atoms with Crippen LogP contribution in [-0.2, 0) is 71.3 Å². The normalized spacial score (nSPS) is 17.3. The van der Waals surface area contributed by atoms with Crippen molar-refractivity contribution >= 4 is 45.4 Å². The Kier molecular flexibility index (Phi) is 18.4. The van der Waals surface area contributed by atoms with Gasteiger partial charge in [0.05, 0.1) is 45.4 Å². The minimum atomic E-state index is -2.96. The molecule has 0 N–H and O–H groups in total. The summed E-state index contributed by atoms with van der Waals surface area (Å²) >= 11 is -11.8. The molecule has 0 heterocycles. The van der Waals surface area contributed by atoms with Crippen LogP contribution in [0.25, 0.3) is 0 Å². The first kappa shape index (κ1) is 21.3. The van der Waals surface area contributed by atoms with Gasteiger partial charge in [-0.05, 0) is 0 Å². The van der Waals surface area contributed by atoms with Gasteiger partial charge in [0.1, 0.15) is 0 Å². The average molecular weight is 339 g/mol. The van der Waals surface area contributed by atoms with Gasteiger partial charge < -0.3 is 18.2 Å². The monoisotopic (exact) mass is 339 g/mol. The fourth-order valence-electron chi connectivity index (χ4n) is 0.0907. The topological polar surface area (TPSA) is 179 Å². The standard InChI is InChI=1S/2H2O5S2.V/c2*1-6(2)5-7(3)4;/h2*(H,1,2)(H,3,4);/q;;+4/p-4. The molecule has 89 valence electrons. The van der Waals surface area contributed by atoms with Crippen LogP contribution in [0.4, 0.5) is 0 Å². The molecular formula is O10S4V. The molecule has 0 fully saturated rings. The molecule has 0 rings (SSSR count). The van der Waals surface area contributed by atoms with Gasteiger partial charge in [-0.2, -0.15) is 0 Å². The Balaban J connectivity index is -0.000000180. The molecule has 15 heteroatoms. The molecular weight excluding hydrogens is 339 g/mol. The Morgan fingerprint density at radius 1 is 0.600 bits per heavy atom. The molecule has 0 amide bonds. The molecule has 0 bridgehead atoms. The van der Waals surface area contributed by atoms with E-state index in [4.69, 9.17) is 0 Å². The van der Waals surface area contributed by atoms with E-state index in [0.29, 0.717) is 0 Å². The summed E-state index contributed by atoms with van der Waals surface area (Å²) in [5.74, 6) is 0. The Morgan fingerprint density at radius 3 is 0.733 bits per heavy atom. The summed E-state index contributed by atoms with van der Waals surface area (Å²) in [5.41, 5.74) is 0. The first-order valence-electron chi connectivity index (χ1n) is 2.00. The van der Waals surface area contributed by atoms with Crippen molar-refractivity contribution in [1.82, 2.24) is 0 Å². The summed E-state index contributed by atoms with van der Waals surface area (Å²) in [6.45, 7) is 0. The van der Waals surface area contributed by atoms with E-state index in [9.17, 15) is 35.0 Å². The van der Waals surface area contributed by atoms with E-state index >= 15 is 0 Å². The van der Waals surface area contributed by atoms with Crippen molar-refractivity contribution in [2.75, 3.05) is 0 Å². The van der Waals surface area contributed by atoms with Gasteiger partial charge in [0.25, 0.3) is 0 Å². The third-order valence-electron chi connectivity index (χ3n) is 0.222. The van der Waals surface area contributed by atoms with Crippen LogP contribution in [0.3, 0.4) is 0 Å². The van der Waals surface area contributed by atoms with Crippen LogP contribution >= 0.6 is 0 Å². The van der Waals surface area contributed by atoms with Crippen molar-refractivity contribution in [1.29, 1.82) is 0 Å². The van der Waals surface area contributed by atoms with Crippen LogP contribution in [0.15, 0.2) is 0 Å². The molecule has 0 unspecified atom stereocenters. The number of hydrogen-bond acceptors (Lipinski definition) is 10. The van der Waals surface area contributed by atoms with E-state index in [-0.39, 0.29) is 18.6 Å². The molecule has 0 aliphatic heterocycles. The molecule has 0 aromatic carbocycles. The number of rotatable bonds is 4. The van der Waals surface area contributed by atoms with Gasteiger partial charge >= 0.3 is 18.6 Å². The van der Waals surface area contributed by atoms with Crippen molar-refractivity contribution in [3.63, 3.8) is 0 Å². The van der Waals surface area contributed by atoms with Crippen LogP contribution in [-0.4, -0.2) is 35.0 Å². The molecule has 0 aromatic heterocycles. The average Bonchev–Trinajstić information content (AvgIpc) is 1.79. The van der Waals surface area contributed by atoms with E-state index < -0.39 is 45.4 Å². The van der Waals surface area contributed by atoms with Gasteiger partial charge in [0, 0.05) is 0 Å².